The van der Waals surface area contributed by atoms with Gasteiger partial charge in [-0.15, -0.1) is 0 Å². The zero-order valence-electron chi connectivity index (χ0n) is 11.0. The molecule has 0 spiro atoms. The van der Waals surface area contributed by atoms with E-state index in [1.807, 2.05) is 13.8 Å². The molecule has 0 aliphatic rings. The molecule has 8 nitrogen and oxygen atoms in total. The number of nitrogens with zero attached hydrogens (tertiary/aromatic N) is 5. The van der Waals surface area contributed by atoms with Gasteiger partial charge in [-0.2, -0.15) is 4.98 Å². The highest BCUT2D eigenvalue weighted by Crippen LogP contribution is 2.25. The molecule has 0 saturated carbocycles. The summed E-state index contributed by atoms with van der Waals surface area (Å²) in [4.78, 5) is 19.6. The molecule has 104 valence electrons. The molecule has 0 atom stereocenters. The molecule has 0 aliphatic carbocycles. The first-order valence-corrected chi connectivity index (χ1v) is 6.91. The van der Waals surface area contributed by atoms with Gasteiger partial charge in [-0.1, -0.05) is 16.9 Å². The topological polar surface area (TPSA) is 119 Å². The molecule has 0 saturated heterocycles. The average molecular weight is 291 g/mol. The number of fused-ring (bicyclic) bond motifs is 1. The Morgan fingerprint density at radius 2 is 2.20 bits per heavy atom. The maximum atomic E-state index is 5.91. The first kappa shape index (κ1) is 13.0. The third-order valence-electron chi connectivity index (χ3n) is 2.56. The van der Waals surface area contributed by atoms with Gasteiger partial charge < -0.3 is 15.2 Å². The molecule has 3 rings (SSSR count). The molecule has 0 unspecified atom stereocenters. The largest absolute Gasteiger partial charge is 0.341 e. The third-order valence-corrected chi connectivity index (χ3v) is 3.54. The smallest absolute Gasteiger partial charge is 0.237 e. The number of nitrogens with two attached hydrogens (primary N) is 1. The van der Waals surface area contributed by atoms with Gasteiger partial charge in [0.25, 0.3) is 0 Å². The van der Waals surface area contributed by atoms with E-state index >= 15 is 0 Å². The minimum absolute atomic E-state index is 0.488. The lowest BCUT2D eigenvalue weighted by atomic mass is 10.1. The second kappa shape index (κ2) is 4.84. The molecule has 0 aromatic carbocycles. The fourth-order valence-electron chi connectivity index (χ4n) is 1.56. The summed E-state index contributed by atoms with van der Waals surface area (Å²) in [6, 6.07) is 0. The summed E-state index contributed by atoms with van der Waals surface area (Å²) in [6.45, 7) is 3.65. The molecule has 3 aromatic rings. The van der Waals surface area contributed by atoms with Crippen LogP contribution in [0.3, 0.4) is 0 Å². The second-order valence-electron chi connectivity index (χ2n) is 4.80. The summed E-state index contributed by atoms with van der Waals surface area (Å²) in [6.07, 6.45) is 3.07. The van der Waals surface area contributed by atoms with E-state index in [1.54, 1.807) is 6.33 Å². The summed E-state index contributed by atoms with van der Waals surface area (Å²) < 4.78 is 5.18. The van der Waals surface area contributed by atoms with E-state index in [4.69, 9.17) is 10.3 Å². The average Bonchev–Trinajstić information content (AvgIpc) is 3.04. The zero-order chi connectivity index (χ0) is 14.2. The molecule has 0 amide bonds. The summed E-state index contributed by atoms with van der Waals surface area (Å²) in [7, 11) is 0. The maximum absolute atomic E-state index is 5.91. The predicted octanol–water partition coefficient (Wildman–Crippen LogP) is 1.22. The van der Waals surface area contributed by atoms with Crippen molar-refractivity contribution in [3.8, 4) is 0 Å². The third kappa shape index (κ3) is 2.49. The van der Waals surface area contributed by atoms with Crippen LogP contribution >= 0.6 is 11.8 Å². The minimum Gasteiger partial charge on any atom is -0.341 e. The van der Waals surface area contributed by atoms with Crippen molar-refractivity contribution in [2.24, 2.45) is 5.73 Å². The number of aromatic amines is 1. The van der Waals surface area contributed by atoms with Crippen LogP contribution in [-0.4, -0.2) is 30.1 Å². The van der Waals surface area contributed by atoms with Crippen LogP contribution < -0.4 is 5.73 Å². The molecule has 0 fully saturated rings. The molecule has 3 aromatic heterocycles. The van der Waals surface area contributed by atoms with Crippen molar-refractivity contribution >= 4 is 22.9 Å². The summed E-state index contributed by atoms with van der Waals surface area (Å²) in [5.74, 6) is 1.51. The molecular weight excluding hydrogens is 278 g/mol. The van der Waals surface area contributed by atoms with Crippen molar-refractivity contribution in [1.29, 1.82) is 0 Å². The molecular formula is C11H13N7OS. The number of rotatable bonds is 4. The summed E-state index contributed by atoms with van der Waals surface area (Å²) in [5, 5.41) is 4.67. The number of hydrogen-bond donors (Lipinski definition) is 2. The van der Waals surface area contributed by atoms with E-state index in [2.05, 4.69) is 30.1 Å². The van der Waals surface area contributed by atoms with E-state index < -0.39 is 5.54 Å². The standard InChI is InChI=1S/C11H13N7OS/c1-11(2,12)10-17-6(19-18-10)3-20-9-7-8(14-4-13-7)15-5-16-9/h4-5H,3,12H2,1-2H3,(H,13,14,15,16). The molecule has 0 radical (unpaired) electrons. The normalized spacial score (nSPS) is 12.2. The van der Waals surface area contributed by atoms with E-state index in [-0.39, 0.29) is 0 Å². The Bertz CT molecular complexity index is 730. The van der Waals surface area contributed by atoms with Crippen molar-refractivity contribution in [3.63, 3.8) is 0 Å². The highest BCUT2D eigenvalue weighted by molar-refractivity contribution is 7.98. The van der Waals surface area contributed by atoms with Crippen LogP contribution in [0.2, 0.25) is 0 Å². The van der Waals surface area contributed by atoms with Crippen molar-refractivity contribution in [2.75, 3.05) is 0 Å². The highest BCUT2D eigenvalue weighted by atomic mass is 32.2. The Morgan fingerprint density at radius 3 is 2.95 bits per heavy atom. The molecule has 3 N–H and O–H groups in total. The number of aromatic nitrogens is 6. The number of imidazole rings is 1. The quantitative estimate of drug-likeness (QED) is 0.544. The van der Waals surface area contributed by atoms with Crippen LogP contribution in [0.5, 0.6) is 0 Å². The predicted molar refractivity (Wildman–Crippen MR) is 72.8 cm³/mol. The van der Waals surface area contributed by atoms with Crippen LogP contribution in [0.1, 0.15) is 25.6 Å². The fourth-order valence-corrected chi connectivity index (χ4v) is 2.35. The van der Waals surface area contributed by atoms with Crippen LogP contribution in [-0.2, 0) is 11.3 Å². The molecule has 0 bridgehead atoms. The van der Waals surface area contributed by atoms with Crippen LogP contribution in [0.25, 0.3) is 11.2 Å². The monoisotopic (exact) mass is 291 g/mol. The lowest BCUT2D eigenvalue weighted by Crippen LogP contribution is -2.30. The maximum Gasteiger partial charge on any atom is 0.237 e. The highest BCUT2D eigenvalue weighted by Gasteiger charge is 2.21. The number of H-pyrrole nitrogens is 1. The first-order chi connectivity index (χ1) is 9.54. The fraction of sp³-hybridized carbons (Fsp3) is 0.364. The van der Waals surface area contributed by atoms with Crippen LogP contribution in [0.15, 0.2) is 22.2 Å². The number of thioether (sulfide) groups is 1. The van der Waals surface area contributed by atoms with Gasteiger partial charge in [0, 0.05) is 0 Å². The summed E-state index contributed by atoms with van der Waals surface area (Å²) in [5.41, 5.74) is 6.74. The minimum atomic E-state index is -0.613. The van der Waals surface area contributed by atoms with Crippen molar-refractivity contribution in [1.82, 2.24) is 30.1 Å². The van der Waals surface area contributed by atoms with Crippen LogP contribution in [0.4, 0.5) is 0 Å². The van der Waals surface area contributed by atoms with Gasteiger partial charge in [0.2, 0.25) is 5.89 Å². The van der Waals surface area contributed by atoms with E-state index in [9.17, 15) is 0 Å². The van der Waals surface area contributed by atoms with Crippen molar-refractivity contribution < 1.29 is 4.52 Å². The van der Waals surface area contributed by atoms with E-state index in [0.717, 1.165) is 10.5 Å². The summed E-state index contributed by atoms with van der Waals surface area (Å²) >= 11 is 1.47. The zero-order valence-corrected chi connectivity index (χ0v) is 11.8. The van der Waals surface area contributed by atoms with Gasteiger partial charge in [-0.05, 0) is 13.8 Å². The van der Waals surface area contributed by atoms with Gasteiger partial charge in [0.1, 0.15) is 16.9 Å². The molecule has 20 heavy (non-hydrogen) atoms. The van der Waals surface area contributed by atoms with Gasteiger partial charge in [0.15, 0.2) is 11.5 Å². The Morgan fingerprint density at radius 1 is 1.35 bits per heavy atom. The Balaban J connectivity index is 1.76. The van der Waals surface area contributed by atoms with Crippen LogP contribution in [0, 0.1) is 0 Å². The van der Waals surface area contributed by atoms with Gasteiger partial charge in [0.05, 0.1) is 17.6 Å². The molecule has 3 heterocycles. The number of nitrogens with one attached hydrogen (secondary N) is 1. The van der Waals surface area contributed by atoms with E-state index in [1.165, 1.54) is 18.1 Å². The SMILES string of the molecule is CC(C)(N)c1noc(CSc2ncnc3nc[nH]c23)n1. The van der Waals surface area contributed by atoms with Crippen molar-refractivity contribution in [3.05, 3.63) is 24.4 Å². The Hall–Kier alpha value is -2.00. The second-order valence-corrected chi connectivity index (χ2v) is 5.77. The lowest BCUT2D eigenvalue weighted by molar-refractivity contribution is 0.370. The van der Waals surface area contributed by atoms with Gasteiger partial charge >= 0.3 is 0 Å². The Kier molecular flexibility index (Phi) is 3.14. The first-order valence-electron chi connectivity index (χ1n) is 5.93. The van der Waals surface area contributed by atoms with Gasteiger partial charge in [-0.25, -0.2) is 15.0 Å². The van der Waals surface area contributed by atoms with E-state index in [0.29, 0.717) is 23.1 Å². The van der Waals surface area contributed by atoms with Crippen molar-refractivity contribution in [2.45, 2.75) is 30.2 Å². The van der Waals surface area contributed by atoms with Gasteiger partial charge in [-0.3, -0.25) is 0 Å². The lowest BCUT2D eigenvalue weighted by Gasteiger charge is -2.11. The molecule has 0 aliphatic heterocycles. The number of hydrogen-bond acceptors (Lipinski definition) is 8. The Labute approximate surface area is 118 Å². The molecule has 9 heteroatoms.